The minimum Gasteiger partial charge on any atom is -0.398 e. The number of nitrogen functional groups attached to an aromatic ring is 1. The van der Waals surface area contributed by atoms with E-state index in [-0.39, 0.29) is 12.1 Å². The molecule has 2 aromatic rings. The third-order valence-corrected chi connectivity index (χ3v) is 4.09. The molecule has 1 aromatic carbocycles. The number of aromatic nitrogens is 4. The van der Waals surface area contributed by atoms with E-state index >= 15 is 0 Å². The first-order valence-corrected chi connectivity index (χ1v) is 6.88. The number of benzene rings is 1. The van der Waals surface area contributed by atoms with E-state index in [4.69, 9.17) is 10.5 Å². The molecule has 1 aliphatic rings. The van der Waals surface area contributed by atoms with E-state index in [1.54, 1.807) is 7.11 Å². The average molecular weight is 273 g/mol. The SMILES string of the molecule is COC1CCCC1n1nnnc1-c1cccc(C)c1N. The van der Waals surface area contributed by atoms with Gasteiger partial charge in [-0.05, 0) is 48.2 Å². The first-order chi connectivity index (χ1) is 9.72. The number of para-hydroxylation sites is 1. The lowest BCUT2D eigenvalue weighted by atomic mass is 10.1. The van der Waals surface area contributed by atoms with Crippen molar-refractivity contribution in [1.29, 1.82) is 0 Å². The van der Waals surface area contributed by atoms with Crippen LogP contribution >= 0.6 is 0 Å². The van der Waals surface area contributed by atoms with Gasteiger partial charge >= 0.3 is 0 Å². The summed E-state index contributed by atoms with van der Waals surface area (Å²) < 4.78 is 7.41. The van der Waals surface area contributed by atoms with Gasteiger partial charge in [0.05, 0.1) is 12.1 Å². The highest BCUT2D eigenvalue weighted by Gasteiger charge is 2.32. The van der Waals surface area contributed by atoms with Crippen molar-refractivity contribution in [1.82, 2.24) is 20.2 Å². The van der Waals surface area contributed by atoms with Crippen molar-refractivity contribution in [2.45, 2.75) is 38.3 Å². The van der Waals surface area contributed by atoms with Gasteiger partial charge in [0, 0.05) is 18.4 Å². The van der Waals surface area contributed by atoms with Gasteiger partial charge in [-0.15, -0.1) is 5.10 Å². The Hall–Kier alpha value is -1.95. The predicted molar refractivity (Wildman–Crippen MR) is 76.1 cm³/mol. The molecule has 0 spiro atoms. The third-order valence-electron chi connectivity index (χ3n) is 4.09. The normalized spacial score (nSPS) is 22.3. The van der Waals surface area contributed by atoms with E-state index in [9.17, 15) is 0 Å². The largest absolute Gasteiger partial charge is 0.398 e. The van der Waals surface area contributed by atoms with E-state index in [1.807, 2.05) is 29.8 Å². The Morgan fingerprint density at radius 1 is 1.35 bits per heavy atom. The fourth-order valence-electron chi connectivity index (χ4n) is 2.93. The summed E-state index contributed by atoms with van der Waals surface area (Å²) in [6.45, 7) is 1.99. The Kier molecular flexibility index (Phi) is 3.40. The minimum atomic E-state index is 0.170. The summed E-state index contributed by atoms with van der Waals surface area (Å²) in [5, 5.41) is 12.2. The number of hydrogen-bond donors (Lipinski definition) is 1. The quantitative estimate of drug-likeness (QED) is 0.865. The highest BCUT2D eigenvalue weighted by atomic mass is 16.5. The Bertz CT molecular complexity index is 609. The number of nitrogens with zero attached hydrogens (tertiary/aromatic N) is 4. The first-order valence-electron chi connectivity index (χ1n) is 6.88. The van der Waals surface area contributed by atoms with Gasteiger partial charge in [0.15, 0.2) is 5.82 Å². The van der Waals surface area contributed by atoms with Crippen LogP contribution in [0.15, 0.2) is 18.2 Å². The summed E-state index contributed by atoms with van der Waals surface area (Å²) in [5.74, 6) is 0.722. The van der Waals surface area contributed by atoms with Crippen LogP contribution in [0.2, 0.25) is 0 Å². The lowest BCUT2D eigenvalue weighted by molar-refractivity contribution is 0.0708. The Morgan fingerprint density at radius 3 is 3.00 bits per heavy atom. The molecule has 2 atom stereocenters. The van der Waals surface area contributed by atoms with Crippen LogP contribution in [0.1, 0.15) is 30.9 Å². The summed E-state index contributed by atoms with van der Waals surface area (Å²) >= 11 is 0. The van der Waals surface area contributed by atoms with Crippen molar-refractivity contribution in [2.75, 3.05) is 12.8 Å². The van der Waals surface area contributed by atoms with Crippen LogP contribution in [0.3, 0.4) is 0 Å². The molecule has 0 amide bonds. The van der Waals surface area contributed by atoms with Gasteiger partial charge in [0.2, 0.25) is 0 Å². The molecule has 3 rings (SSSR count). The van der Waals surface area contributed by atoms with Crippen molar-refractivity contribution in [3.63, 3.8) is 0 Å². The molecule has 1 aromatic heterocycles. The molecule has 0 saturated heterocycles. The topological polar surface area (TPSA) is 78.8 Å². The van der Waals surface area contributed by atoms with Crippen molar-refractivity contribution >= 4 is 5.69 Å². The third kappa shape index (κ3) is 2.06. The molecule has 2 N–H and O–H groups in total. The zero-order valence-corrected chi connectivity index (χ0v) is 11.8. The molecular weight excluding hydrogens is 254 g/mol. The van der Waals surface area contributed by atoms with Gasteiger partial charge in [-0.25, -0.2) is 4.68 Å². The summed E-state index contributed by atoms with van der Waals surface area (Å²) in [4.78, 5) is 0. The first kappa shape index (κ1) is 13.1. The van der Waals surface area contributed by atoms with Gasteiger partial charge in [-0.2, -0.15) is 0 Å². The second-order valence-electron chi connectivity index (χ2n) is 5.26. The Balaban J connectivity index is 2.04. The number of rotatable bonds is 3. The van der Waals surface area contributed by atoms with Crippen molar-refractivity contribution in [2.24, 2.45) is 0 Å². The van der Waals surface area contributed by atoms with Gasteiger partial charge in [-0.3, -0.25) is 0 Å². The van der Waals surface area contributed by atoms with E-state index in [1.165, 1.54) is 0 Å². The molecular formula is C14H19N5O. The number of anilines is 1. The van der Waals surface area contributed by atoms with Crippen LogP contribution in [0.25, 0.3) is 11.4 Å². The van der Waals surface area contributed by atoms with Crippen LogP contribution in [0, 0.1) is 6.92 Å². The molecule has 1 fully saturated rings. The second-order valence-corrected chi connectivity index (χ2v) is 5.26. The van der Waals surface area contributed by atoms with E-state index in [0.29, 0.717) is 0 Å². The molecule has 1 saturated carbocycles. The van der Waals surface area contributed by atoms with Gasteiger partial charge in [0.1, 0.15) is 0 Å². The molecule has 1 heterocycles. The fourth-order valence-corrected chi connectivity index (χ4v) is 2.93. The monoisotopic (exact) mass is 273 g/mol. The summed E-state index contributed by atoms with van der Waals surface area (Å²) in [5.41, 5.74) is 8.82. The minimum absolute atomic E-state index is 0.170. The molecule has 106 valence electrons. The van der Waals surface area contributed by atoms with Crippen molar-refractivity contribution < 1.29 is 4.74 Å². The number of hydrogen-bond acceptors (Lipinski definition) is 5. The summed E-state index contributed by atoms with van der Waals surface area (Å²) in [6.07, 6.45) is 3.38. The zero-order chi connectivity index (χ0) is 14.1. The molecule has 0 aliphatic heterocycles. The van der Waals surface area contributed by atoms with Gasteiger partial charge in [0.25, 0.3) is 0 Å². The lowest BCUT2D eigenvalue weighted by Gasteiger charge is -2.19. The highest BCUT2D eigenvalue weighted by Crippen LogP contribution is 2.35. The molecule has 6 heteroatoms. The van der Waals surface area contributed by atoms with Crippen molar-refractivity contribution in [3.05, 3.63) is 23.8 Å². The summed E-state index contributed by atoms with van der Waals surface area (Å²) in [6, 6.07) is 6.11. The lowest BCUT2D eigenvalue weighted by Crippen LogP contribution is -2.22. The van der Waals surface area contributed by atoms with Crippen LogP contribution in [0.5, 0.6) is 0 Å². The van der Waals surface area contributed by atoms with E-state index in [0.717, 1.165) is 41.9 Å². The molecule has 20 heavy (non-hydrogen) atoms. The molecule has 0 radical (unpaired) electrons. The van der Waals surface area contributed by atoms with Crippen LogP contribution in [0.4, 0.5) is 5.69 Å². The molecule has 1 aliphatic carbocycles. The highest BCUT2D eigenvalue weighted by molar-refractivity contribution is 5.74. The van der Waals surface area contributed by atoms with Gasteiger partial charge in [-0.1, -0.05) is 12.1 Å². The maximum Gasteiger partial charge on any atom is 0.184 e. The molecule has 6 nitrogen and oxygen atoms in total. The summed E-state index contributed by atoms with van der Waals surface area (Å²) in [7, 11) is 1.74. The maximum absolute atomic E-state index is 6.17. The maximum atomic E-state index is 6.17. The Labute approximate surface area is 117 Å². The van der Waals surface area contributed by atoms with Crippen LogP contribution in [-0.2, 0) is 4.74 Å². The number of methoxy groups -OCH3 is 1. The zero-order valence-electron chi connectivity index (χ0n) is 11.8. The van der Waals surface area contributed by atoms with Crippen molar-refractivity contribution in [3.8, 4) is 11.4 Å². The second kappa shape index (κ2) is 5.20. The average Bonchev–Trinajstić information content (AvgIpc) is 3.09. The number of ether oxygens (including phenoxy) is 1. The smallest absolute Gasteiger partial charge is 0.184 e. The molecule has 0 bridgehead atoms. The predicted octanol–water partition coefficient (Wildman–Crippen LogP) is 1.97. The van der Waals surface area contributed by atoms with E-state index in [2.05, 4.69) is 15.5 Å². The van der Waals surface area contributed by atoms with Gasteiger partial charge < -0.3 is 10.5 Å². The van der Waals surface area contributed by atoms with Crippen LogP contribution < -0.4 is 5.73 Å². The Morgan fingerprint density at radius 2 is 2.20 bits per heavy atom. The number of tetrazole rings is 1. The number of nitrogens with two attached hydrogens (primary N) is 1. The standard InChI is InChI=1S/C14H19N5O/c1-9-5-3-6-10(13(9)15)14-16-17-18-19(14)11-7-4-8-12(11)20-2/h3,5-6,11-12H,4,7-8,15H2,1-2H3. The number of aryl methyl sites for hydroxylation is 1. The fraction of sp³-hybridized carbons (Fsp3) is 0.500. The molecule has 2 unspecified atom stereocenters. The van der Waals surface area contributed by atoms with E-state index < -0.39 is 0 Å². The van der Waals surface area contributed by atoms with Crippen LogP contribution in [-0.4, -0.2) is 33.4 Å².